The van der Waals surface area contributed by atoms with Crippen molar-refractivity contribution in [1.82, 2.24) is 5.32 Å². The fraction of sp³-hybridized carbons (Fsp3) is 0.708. The number of carbonyl (C=O) groups is 1. The van der Waals surface area contributed by atoms with E-state index in [0.717, 1.165) is 103 Å². The molecule has 7 unspecified atom stereocenters. The first kappa shape index (κ1) is 68.9. The molecule has 1 rings (SSSR count). The summed E-state index contributed by atoms with van der Waals surface area (Å²) in [7, 11) is 0. The minimum Gasteiger partial charge on any atom is -0.394 e. The molecule has 74 heavy (non-hydrogen) atoms. The van der Waals surface area contributed by atoms with E-state index in [4.69, 9.17) is 9.47 Å². The Labute approximate surface area is 453 Å². The maximum atomic E-state index is 13.1. The van der Waals surface area contributed by atoms with E-state index in [2.05, 4.69) is 116 Å². The molecule has 1 fully saturated rings. The second-order valence-electron chi connectivity index (χ2n) is 20.4. The molecule has 0 aromatic heterocycles. The molecule has 1 saturated heterocycles. The summed E-state index contributed by atoms with van der Waals surface area (Å²) in [5, 5.41) is 54.5. The Balaban J connectivity index is 2.18. The number of nitrogens with one attached hydrogen (secondary N) is 1. The molecule has 6 N–H and O–H groups in total. The number of aliphatic hydroxyl groups is 5. The third-order valence-corrected chi connectivity index (χ3v) is 13.6. The van der Waals surface area contributed by atoms with Crippen LogP contribution in [-0.2, 0) is 14.3 Å². The maximum Gasteiger partial charge on any atom is 0.220 e. The van der Waals surface area contributed by atoms with Crippen LogP contribution in [0.2, 0.25) is 0 Å². The molecular weight excluding hydrogens is 923 g/mol. The fourth-order valence-corrected chi connectivity index (χ4v) is 8.88. The van der Waals surface area contributed by atoms with Gasteiger partial charge in [0, 0.05) is 6.42 Å². The van der Waals surface area contributed by atoms with E-state index < -0.39 is 49.5 Å². The number of carbonyl (C=O) groups excluding carboxylic acids is 1. The Morgan fingerprint density at radius 3 is 1.24 bits per heavy atom. The number of ether oxygens (including phenoxy) is 2. The van der Waals surface area contributed by atoms with Crippen LogP contribution in [0.15, 0.2) is 109 Å². The first-order valence-electron chi connectivity index (χ1n) is 30.1. The van der Waals surface area contributed by atoms with Gasteiger partial charge in [0.25, 0.3) is 0 Å². The van der Waals surface area contributed by atoms with Crippen molar-refractivity contribution in [3.05, 3.63) is 109 Å². The third kappa shape index (κ3) is 42.0. The lowest BCUT2D eigenvalue weighted by atomic mass is 9.99. The molecule has 0 aromatic rings. The Hall–Kier alpha value is -3.15. The molecule has 0 saturated carbocycles. The Kier molecular flexibility index (Phi) is 49.6. The van der Waals surface area contributed by atoms with Crippen molar-refractivity contribution in [2.75, 3.05) is 13.2 Å². The number of amides is 1. The fourth-order valence-electron chi connectivity index (χ4n) is 8.88. The highest BCUT2D eigenvalue weighted by atomic mass is 16.7. The van der Waals surface area contributed by atoms with Crippen LogP contribution in [0.25, 0.3) is 0 Å². The highest BCUT2D eigenvalue weighted by Crippen LogP contribution is 2.23. The number of hydrogen-bond acceptors (Lipinski definition) is 8. The lowest BCUT2D eigenvalue weighted by Crippen LogP contribution is -2.60. The van der Waals surface area contributed by atoms with Gasteiger partial charge in [0.05, 0.1) is 25.4 Å². The first-order chi connectivity index (χ1) is 36.3. The summed E-state index contributed by atoms with van der Waals surface area (Å²) >= 11 is 0. The number of hydrogen-bond donors (Lipinski definition) is 6. The molecular formula is C65H111NO8. The van der Waals surface area contributed by atoms with Gasteiger partial charge in [-0.3, -0.25) is 4.79 Å². The number of unbranched alkanes of at least 4 members (excludes halogenated alkanes) is 24. The molecule has 424 valence electrons. The monoisotopic (exact) mass is 1030 g/mol. The minimum absolute atomic E-state index is 0.185. The highest BCUT2D eigenvalue weighted by Gasteiger charge is 2.44. The molecule has 7 atom stereocenters. The Morgan fingerprint density at radius 1 is 0.473 bits per heavy atom. The van der Waals surface area contributed by atoms with Crippen molar-refractivity contribution < 1.29 is 39.8 Å². The summed E-state index contributed by atoms with van der Waals surface area (Å²) in [6.45, 7) is 3.66. The van der Waals surface area contributed by atoms with Crippen LogP contribution in [0, 0.1) is 0 Å². The predicted octanol–water partition coefficient (Wildman–Crippen LogP) is 15.3. The van der Waals surface area contributed by atoms with E-state index >= 15 is 0 Å². The second-order valence-corrected chi connectivity index (χ2v) is 20.4. The van der Waals surface area contributed by atoms with E-state index in [1.54, 1.807) is 6.08 Å². The summed E-state index contributed by atoms with van der Waals surface area (Å²) in [4.78, 5) is 13.1. The van der Waals surface area contributed by atoms with Crippen molar-refractivity contribution in [3.63, 3.8) is 0 Å². The van der Waals surface area contributed by atoms with Crippen molar-refractivity contribution in [1.29, 1.82) is 0 Å². The highest BCUT2D eigenvalue weighted by molar-refractivity contribution is 5.76. The molecule has 0 aromatic carbocycles. The van der Waals surface area contributed by atoms with Crippen LogP contribution >= 0.6 is 0 Å². The average Bonchev–Trinajstić information content (AvgIpc) is 3.40. The lowest BCUT2D eigenvalue weighted by molar-refractivity contribution is -0.302. The third-order valence-electron chi connectivity index (χ3n) is 13.6. The van der Waals surface area contributed by atoms with Crippen molar-refractivity contribution in [2.45, 2.75) is 281 Å². The van der Waals surface area contributed by atoms with Gasteiger partial charge in [0.1, 0.15) is 24.4 Å². The van der Waals surface area contributed by atoms with Crippen LogP contribution in [0.5, 0.6) is 0 Å². The molecule has 1 amide bonds. The summed E-state index contributed by atoms with van der Waals surface area (Å²) in [6.07, 6.45) is 71.5. The van der Waals surface area contributed by atoms with Crippen LogP contribution in [-0.4, -0.2) is 87.5 Å². The van der Waals surface area contributed by atoms with Crippen LogP contribution in [0.1, 0.15) is 239 Å². The molecule has 0 spiro atoms. The maximum absolute atomic E-state index is 13.1. The van der Waals surface area contributed by atoms with Gasteiger partial charge >= 0.3 is 0 Å². The molecule has 9 nitrogen and oxygen atoms in total. The van der Waals surface area contributed by atoms with Crippen molar-refractivity contribution in [2.24, 2.45) is 0 Å². The van der Waals surface area contributed by atoms with E-state index in [0.29, 0.717) is 6.42 Å². The van der Waals surface area contributed by atoms with Gasteiger partial charge in [-0.2, -0.15) is 0 Å². The summed E-state index contributed by atoms with van der Waals surface area (Å²) in [5.41, 5.74) is 0. The first-order valence-corrected chi connectivity index (χ1v) is 30.1. The van der Waals surface area contributed by atoms with E-state index in [-0.39, 0.29) is 12.5 Å². The van der Waals surface area contributed by atoms with Gasteiger partial charge in [0.15, 0.2) is 6.29 Å². The second kappa shape index (κ2) is 53.3. The summed E-state index contributed by atoms with van der Waals surface area (Å²) in [5.74, 6) is -0.185. The van der Waals surface area contributed by atoms with Crippen molar-refractivity contribution in [3.8, 4) is 0 Å². The van der Waals surface area contributed by atoms with Crippen LogP contribution in [0.3, 0.4) is 0 Å². The summed E-state index contributed by atoms with van der Waals surface area (Å²) in [6, 6.07) is -0.814. The van der Waals surface area contributed by atoms with E-state index in [1.807, 2.05) is 6.08 Å². The van der Waals surface area contributed by atoms with Crippen molar-refractivity contribution >= 4 is 5.91 Å². The molecule has 1 heterocycles. The number of allylic oxidation sites excluding steroid dienone is 17. The molecule has 0 bridgehead atoms. The Morgan fingerprint density at radius 2 is 0.838 bits per heavy atom. The average molecular weight is 1030 g/mol. The molecule has 9 heteroatoms. The van der Waals surface area contributed by atoms with Gasteiger partial charge in [0.2, 0.25) is 5.91 Å². The quantitative estimate of drug-likeness (QED) is 0.0261. The Bertz CT molecular complexity index is 1530. The molecule has 0 radical (unpaired) electrons. The van der Waals surface area contributed by atoms with Gasteiger partial charge < -0.3 is 40.3 Å². The smallest absolute Gasteiger partial charge is 0.220 e. The zero-order chi connectivity index (χ0) is 53.6. The van der Waals surface area contributed by atoms with Gasteiger partial charge in [-0.15, -0.1) is 0 Å². The van der Waals surface area contributed by atoms with Crippen LogP contribution in [0.4, 0.5) is 0 Å². The normalized spacial score (nSPS) is 19.8. The largest absolute Gasteiger partial charge is 0.394 e. The predicted molar refractivity (Wildman–Crippen MR) is 313 cm³/mol. The number of aliphatic hydroxyl groups excluding tert-OH is 5. The van der Waals surface area contributed by atoms with E-state index in [1.165, 1.54) is 116 Å². The summed E-state index contributed by atoms with van der Waals surface area (Å²) < 4.78 is 11.3. The minimum atomic E-state index is -1.57. The number of rotatable bonds is 50. The SMILES string of the molecule is CC/C=C\C/C=C\C/C=C\C/C=C\C/C=C\C/C=C\C/C=C\C/C=C\CCCCCCCCCCCCC(=O)NC(COC1OC(CO)C(O)C(O)C1O)C(O)/C=C/CCCCCCCCCCCCCCCC. The molecule has 1 aliphatic rings. The van der Waals surface area contributed by atoms with Gasteiger partial charge in [-0.05, 0) is 83.5 Å². The van der Waals surface area contributed by atoms with E-state index in [9.17, 15) is 30.3 Å². The van der Waals surface area contributed by atoms with Gasteiger partial charge in [-0.25, -0.2) is 0 Å². The standard InChI is InChI=1S/C65H111NO8/c1-3-5-7-9-11-13-15-17-19-21-22-23-24-25-26-27-28-29-30-31-32-33-34-35-36-37-38-39-41-43-45-47-49-51-53-55-61(69)66-58(57-73-65-64(72)63(71)62(70)60(56-67)74-65)59(68)54-52-50-48-46-44-42-40-20-18-16-14-12-10-8-6-4-2/h5,7,11,13,17,19,22-23,25-26,28-29,31-32,34-35,52,54,58-60,62-65,67-68,70-72H,3-4,6,8-10,12,14-16,18,20-21,24,27,30,33,36-51,53,55-57H2,1-2H3,(H,66,69)/b7-5-,13-11-,19-17-,23-22-,26-25-,29-28-,32-31-,35-34-,54-52+. The van der Waals surface area contributed by atoms with Gasteiger partial charge in [-0.1, -0.05) is 258 Å². The van der Waals surface area contributed by atoms with Crippen LogP contribution < -0.4 is 5.32 Å². The zero-order valence-electron chi connectivity index (χ0n) is 47.1. The zero-order valence-corrected chi connectivity index (χ0v) is 47.1. The topological polar surface area (TPSA) is 149 Å². The molecule has 1 aliphatic heterocycles. The lowest BCUT2D eigenvalue weighted by Gasteiger charge is -2.40. The molecule has 0 aliphatic carbocycles.